The third-order valence-electron chi connectivity index (χ3n) is 5.98. The molecule has 0 spiro atoms. The highest BCUT2D eigenvalue weighted by molar-refractivity contribution is 6.39. The molecule has 0 N–H and O–H groups in total. The standard InChI is InChI=1S/C25H28Cl2FN5O2/c1-15(2)16(13-31(3)24(35)23-18(26)7-6-8-19(23)27)14-32(4)25-30-21(11-22(34)33(25)5)17-9-10-29-12-20(17)28/h6-12,15-16H,13-14H2,1-5H3/t16-/m1/s1. The minimum atomic E-state index is -0.555. The van der Waals surface area contributed by atoms with E-state index in [1.807, 2.05) is 11.9 Å². The third-order valence-corrected chi connectivity index (χ3v) is 6.61. The van der Waals surface area contributed by atoms with Gasteiger partial charge in [0.15, 0.2) is 5.82 Å². The van der Waals surface area contributed by atoms with Crippen LogP contribution in [0.5, 0.6) is 0 Å². The van der Waals surface area contributed by atoms with E-state index in [4.69, 9.17) is 23.2 Å². The van der Waals surface area contributed by atoms with E-state index in [9.17, 15) is 14.0 Å². The van der Waals surface area contributed by atoms with Crippen molar-refractivity contribution < 1.29 is 9.18 Å². The summed E-state index contributed by atoms with van der Waals surface area (Å²) in [5.74, 6) is -0.215. The average Bonchev–Trinajstić information content (AvgIpc) is 2.80. The normalized spacial score (nSPS) is 12.0. The molecule has 2 aromatic heterocycles. The maximum Gasteiger partial charge on any atom is 0.256 e. The largest absolute Gasteiger partial charge is 0.345 e. The minimum absolute atomic E-state index is 0.0217. The Bertz CT molecular complexity index is 1260. The Morgan fingerprint density at radius 2 is 1.80 bits per heavy atom. The zero-order valence-electron chi connectivity index (χ0n) is 20.3. The Kier molecular flexibility index (Phi) is 8.51. The van der Waals surface area contributed by atoms with Gasteiger partial charge in [0.2, 0.25) is 5.95 Å². The highest BCUT2D eigenvalue weighted by Gasteiger charge is 2.25. The summed E-state index contributed by atoms with van der Waals surface area (Å²) in [7, 11) is 5.14. The van der Waals surface area contributed by atoms with Gasteiger partial charge in [-0.05, 0) is 30.0 Å². The quantitative estimate of drug-likeness (QED) is 0.428. The van der Waals surface area contributed by atoms with Crippen molar-refractivity contribution in [3.8, 4) is 11.3 Å². The molecule has 0 saturated carbocycles. The molecule has 0 saturated heterocycles. The van der Waals surface area contributed by atoms with Gasteiger partial charge in [0.25, 0.3) is 11.5 Å². The van der Waals surface area contributed by atoms with Crippen molar-refractivity contribution in [2.75, 3.05) is 32.1 Å². The number of nitrogens with zero attached hydrogens (tertiary/aromatic N) is 5. The van der Waals surface area contributed by atoms with Crippen molar-refractivity contribution in [3.63, 3.8) is 0 Å². The molecular formula is C25H28Cl2FN5O2. The molecule has 0 radical (unpaired) electrons. The fourth-order valence-corrected chi connectivity index (χ4v) is 4.39. The minimum Gasteiger partial charge on any atom is -0.345 e. The summed E-state index contributed by atoms with van der Waals surface area (Å²) in [5, 5.41) is 0.596. The number of amides is 1. The summed E-state index contributed by atoms with van der Waals surface area (Å²) in [5.41, 5.74) is 0.395. The SMILES string of the molecule is CC(C)[C@H](CN(C)C(=O)c1c(Cl)cccc1Cl)CN(C)c1nc(-c2ccncc2F)cc(=O)n1C. The number of anilines is 1. The molecule has 1 atom stereocenters. The predicted octanol–water partition coefficient (Wildman–Crippen LogP) is 4.77. The molecule has 7 nitrogen and oxygen atoms in total. The van der Waals surface area contributed by atoms with Crippen LogP contribution >= 0.6 is 23.2 Å². The van der Waals surface area contributed by atoms with Crippen molar-refractivity contribution in [1.29, 1.82) is 0 Å². The highest BCUT2D eigenvalue weighted by atomic mass is 35.5. The Morgan fingerprint density at radius 1 is 1.14 bits per heavy atom. The Balaban J connectivity index is 1.85. The fourth-order valence-electron chi connectivity index (χ4n) is 3.83. The van der Waals surface area contributed by atoms with Crippen molar-refractivity contribution in [1.82, 2.24) is 19.4 Å². The second kappa shape index (κ2) is 11.2. The second-order valence-corrected chi connectivity index (χ2v) is 9.68. The van der Waals surface area contributed by atoms with Crippen LogP contribution in [0.2, 0.25) is 10.0 Å². The fraction of sp³-hybridized carbons (Fsp3) is 0.360. The molecule has 0 unspecified atom stereocenters. The van der Waals surface area contributed by atoms with Crippen LogP contribution in [0, 0.1) is 17.7 Å². The molecule has 35 heavy (non-hydrogen) atoms. The molecule has 10 heteroatoms. The van der Waals surface area contributed by atoms with Crippen LogP contribution in [0.4, 0.5) is 10.3 Å². The molecule has 2 heterocycles. The summed E-state index contributed by atoms with van der Waals surface area (Å²) in [4.78, 5) is 37.5. The first-order valence-electron chi connectivity index (χ1n) is 11.1. The Hall–Kier alpha value is -2.97. The maximum absolute atomic E-state index is 14.3. The number of pyridine rings is 1. The number of halogens is 3. The van der Waals surface area contributed by atoms with Gasteiger partial charge in [-0.1, -0.05) is 43.1 Å². The molecule has 0 aliphatic carbocycles. The molecule has 3 rings (SSSR count). The van der Waals surface area contributed by atoms with Gasteiger partial charge < -0.3 is 9.80 Å². The molecule has 0 bridgehead atoms. The van der Waals surface area contributed by atoms with Crippen molar-refractivity contribution in [3.05, 3.63) is 74.5 Å². The Morgan fingerprint density at radius 3 is 2.40 bits per heavy atom. The lowest BCUT2D eigenvalue weighted by Crippen LogP contribution is -2.40. The summed E-state index contributed by atoms with van der Waals surface area (Å²) >= 11 is 12.5. The second-order valence-electron chi connectivity index (χ2n) is 8.86. The first-order chi connectivity index (χ1) is 16.5. The van der Waals surface area contributed by atoms with Crippen molar-refractivity contribution in [2.45, 2.75) is 13.8 Å². The van der Waals surface area contributed by atoms with Gasteiger partial charge in [-0.2, -0.15) is 0 Å². The molecule has 0 fully saturated rings. The molecule has 3 aromatic rings. The lowest BCUT2D eigenvalue weighted by Gasteiger charge is -2.32. The van der Waals surface area contributed by atoms with Crippen LogP contribution < -0.4 is 10.5 Å². The number of hydrogen-bond donors (Lipinski definition) is 0. The van der Waals surface area contributed by atoms with E-state index < -0.39 is 5.82 Å². The van der Waals surface area contributed by atoms with Gasteiger partial charge in [-0.15, -0.1) is 0 Å². The van der Waals surface area contributed by atoms with E-state index in [0.717, 1.165) is 6.20 Å². The lowest BCUT2D eigenvalue weighted by molar-refractivity contribution is 0.0761. The van der Waals surface area contributed by atoms with E-state index in [1.54, 1.807) is 37.2 Å². The van der Waals surface area contributed by atoms with E-state index in [2.05, 4.69) is 23.8 Å². The number of carbonyl (C=O) groups is 1. The van der Waals surface area contributed by atoms with Gasteiger partial charge in [-0.3, -0.25) is 19.1 Å². The van der Waals surface area contributed by atoms with Crippen LogP contribution in [0.15, 0.2) is 47.5 Å². The molecule has 1 aromatic carbocycles. The summed E-state index contributed by atoms with van der Waals surface area (Å²) in [6, 6.07) is 7.74. The maximum atomic E-state index is 14.3. The van der Waals surface area contributed by atoms with Gasteiger partial charge in [0.05, 0.1) is 27.5 Å². The van der Waals surface area contributed by atoms with Crippen molar-refractivity contribution >= 4 is 35.1 Å². The Labute approximate surface area is 214 Å². The van der Waals surface area contributed by atoms with Crippen LogP contribution in [-0.2, 0) is 7.05 Å². The molecular weight excluding hydrogens is 492 g/mol. The third kappa shape index (κ3) is 6.00. The van der Waals surface area contributed by atoms with Crippen molar-refractivity contribution in [2.24, 2.45) is 18.9 Å². The molecule has 186 valence electrons. The monoisotopic (exact) mass is 519 g/mol. The number of benzene rings is 1. The van der Waals surface area contributed by atoms with E-state index in [-0.39, 0.29) is 40.1 Å². The number of rotatable bonds is 8. The van der Waals surface area contributed by atoms with Gasteiger partial charge in [-0.25, -0.2) is 9.37 Å². The molecule has 1 amide bonds. The van der Waals surface area contributed by atoms with Crippen LogP contribution in [0.1, 0.15) is 24.2 Å². The summed E-state index contributed by atoms with van der Waals surface area (Å²) < 4.78 is 15.7. The smallest absolute Gasteiger partial charge is 0.256 e. The van der Waals surface area contributed by atoms with Crippen LogP contribution in [-0.4, -0.2) is 52.5 Å². The van der Waals surface area contributed by atoms with Crippen LogP contribution in [0.25, 0.3) is 11.3 Å². The zero-order valence-corrected chi connectivity index (χ0v) is 21.8. The first kappa shape index (κ1) is 26.6. The summed E-state index contributed by atoms with van der Waals surface area (Å²) in [6.45, 7) is 5.05. The summed E-state index contributed by atoms with van der Waals surface area (Å²) in [6.07, 6.45) is 2.54. The van der Waals surface area contributed by atoms with E-state index in [1.165, 1.54) is 22.9 Å². The van der Waals surface area contributed by atoms with Gasteiger partial charge >= 0.3 is 0 Å². The highest BCUT2D eigenvalue weighted by Crippen LogP contribution is 2.27. The van der Waals surface area contributed by atoms with Gasteiger partial charge in [0, 0.05) is 52.1 Å². The molecule has 0 aliphatic rings. The zero-order chi connectivity index (χ0) is 25.9. The van der Waals surface area contributed by atoms with E-state index in [0.29, 0.717) is 29.1 Å². The lowest BCUT2D eigenvalue weighted by atomic mass is 9.94. The number of aromatic nitrogens is 3. The number of hydrogen-bond acceptors (Lipinski definition) is 5. The molecule has 0 aliphatic heterocycles. The van der Waals surface area contributed by atoms with Crippen LogP contribution in [0.3, 0.4) is 0 Å². The first-order valence-corrected chi connectivity index (χ1v) is 11.8. The average molecular weight is 520 g/mol. The number of carbonyl (C=O) groups excluding carboxylic acids is 1. The van der Waals surface area contributed by atoms with E-state index >= 15 is 0 Å². The predicted molar refractivity (Wildman–Crippen MR) is 138 cm³/mol. The van der Waals surface area contributed by atoms with Gasteiger partial charge in [0.1, 0.15) is 0 Å². The topological polar surface area (TPSA) is 71.3 Å².